The number of carbonyl (C=O) groups excluding carboxylic acids is 2. The largest absolute Gasteiger partial charge is 0.462 e. The van der Waals surface area contributed by atoms with Gasteiger partial charge in [-0.1, -0.05) is 76.8 Å². The summed E-state index contributed by atoms with van der Waals surface area (Å²) in [5.41, 5.74) is 0.352. The van der Waals surface area contributed by atoms with Crippen molar-refractivity contribution in [1.29, 1.82) is 0 Å². The van der Waals surface area contributed by atoms with Gasteiger partial charge in [-0.3, -0.25) is 0 Å². The Bertz CT molecular complexity index is 575. The average Bonchev–Trinajstić information content (AvgIpc) is 2.70. The Kier molecular flexibility index (Phi) is 13.8. The lowest BCUT2D eigenvalue weighted by Gasteiger charge is -2.10. The molecule has 1 rings (SSSR count). The summed E-state index contributed by atoms with van der Waals surface area (Å²) < 4.78 is 10.3. The number of rotatable bonds is 15. The van der Waals surface area contributed by atoms with Crippen molar-refractivity contribution in [3.05, 3.63) is 35.4 Å². The first-order valence-corrected chi connectivity index (χ1v) is 11.1. The molecule has 0 unspecified atom stereocenters. The zero-order chi connectivity index (χ0) is 20.6. The van der Waals surface area contributed by atoms with Gasteiger partial charge < -0.3 is 9.47 Å². The normalized spacial score (nSPS) is 10.9. The smallest absolute Gasteiger partial charge is 0.339 e. The highest BCUT2D eigenvalue weighted by atomic mass is 35.5. The van der Waals surface area contributed by atoms with Gasteiger partial charge in [0.1, 0.15) is 11.4 Å². The second-order valence-electron chi connectivity index (χ2n) is 6.85. The van der Waals surface area contributed by atoms with Crippen molar-refractivity contribution < 1.29 is 19.1 Å². The van der Waals surface area contributed by atoms with E-state index in [-0.39, 0.29) is 17.7 Å². The van der Waals surface area contributed by atoms with Gasteiger partial charge >= 0.3 is 11.9 Å². The molecule has 4 nitrogen and oxygen atoms in total. The molecule has 0 fully saturated rings. The van der Waals surface area contributed by atoms with E-state index in [1.165, 1.54) is 51.0 Å². The maximum atomic E-state index is 12.3. The minimum Gasteiger partial charge on any atom is -0.462 e. The Hall–Kier alpha value is -1.26. The fourth-order valence-electron chi connectivity index (χ4n) is 2.89. The van der Waals surface area contributed by atoms with Crippen LogP contribution in [0.1, 0.15) is 91.8 Å². The molecule has 0 atom stereocenters. The van der Waals surface area contributed by atoms with Crippen LogP contribution in [0.4, 0.5) is 0 Å². The topological polar surface area (TPSA) is 52.6 Å². The summed E-state index contributed by atoms with van der Waals surface area (Å²) in [6, 6.07) is 6.42. The maximum Gasteiger partial charge on any atom is 0.339 e. The first kappa shape index (κ1) is 24.8. The number of halogens is 2. The Morgan fingerprint density at radius 3 is 1.75 bits per heavy atom. The predicted molar refractivity (Wildman–Crippen MR) is 114 cm³/mol. The van der Waals surface area contributed by atoms with E-state index in [1.807, 2.05) is 0 Å². The van der Waals surface area contributed by atoms with Crippen molar-refractivity contribution in [3.63, 3.8) is 0 Å². The molecule has 0 amide bonds. The van der Waals surface area contributed by atoms with Crippen molar-refractivity contribution in [2.24, 2.45) is 0 Å². The van der Waals surface area contributed by atoms with Crippen LogP contribution in [0.5, 0.6) is 0 Å². The highest BCUT2D eigenvalue weighted by Gasteiger charge is 2.19. The predicted octanol–water partition coefficient (Wildman–Crippen LogP) is 6.72. The van der Waals surface area contributed by atoms with E-state index >= 15 is 0 Å². The molecule has 0 aliphatic heterocycles. The number of carbonyl (C=O) groups is 2. The minimum absolute atomic E-state index is 0.135. The standard InChI is InChI=1S/C22H32Cl2O4/c1-2-3-4-5-6-7-8-9-10-13-16-27-21(25)18-14-11-12-15-19(18)22(26)28-17-20(23)24/h11-12,14-15,20H,2-10,13,16-17H2,1H3. The fraction of sp³-hybridized carbons (Fsp3) is 0.636. The van der Waals surface area contributed by atoms with Gasteiger partial charge in [-0.25, -0.2) is 9.59 Å². The Balaban J connectivity index is 2.24. The third-order valence-corrected chi connectivity index (χ3v) is 4.69. The molecule has 1 aromatic carbocycles. The van der Waals surface area contributed by atoms with Gasteiger partial charge in [-0.2, -0.15) is 0 Å². The van der Waals surface area contributed by atoms with E-state index in [0.717, 1.165) is 19.3 Å². The molecule has 0 heterocycles. The summed E-state index contributed by atoms with van der Waals surface area (Å²) >= 11 is 11.1. The molecule has 0 saturated carbocycles. The zero-order valence-electron chi connectivity index (χ0n) is 16.8. The van der Waals surface area contributed by atoms with E-state index in [9.17, 15) is 9.59 Å². The first-order chi connectivity index (χ1) is 13.6. The van der Waals surface area contributed by atoms with Crippen molar-refractivity contribution in [3.8, 4) is 0 Å². The summed E-state index contributed by atoms with van der Waals surface area (Å²) in [4.78, 5) is 23.6. The lowest BCUT2D eigenvalue weighted by atomic mass is 10.1. The number of alkyl halides is 2. The van der Waals surface area contributed by atoms with Gasteiger partial charge in [0.2, 0.25) is 0 Å². The lowest BCUT2D eigenvalue weighted by Crippen LogP contribution is -2.16. The van der Waals surface area contributed by atoms with Gasteiger partial charge in [0.15, 0.2) is 0 Å². The van der Waals surface area contributed by atoms with E-state index in [0.29, 0.717) is 6.61 Å². The third-order valence-electron chi connectivity index (χ3n) is 4.44. The monoisotopic (exact) mass is 430 g/mol. The summed E-state index contributed by atoms with van der Waals surface area (Å²) in [6.45, 7) is 2.45. The molecular formula is C22H32Cl2O4. The van der Waals surface area contributed by atoms with Crippen LogP contribution >= 0.6 is 23.2 Å². The summed E-state index contributed by atoms with van der Waals surface area (Å²) in [5, 5.41) is 0. The first-order valence-electron chi connectivity index (χ1n) is 10.3. The van der Waals surface area contributed by atoms with Crippen molar-refractivity contribution in [2.75, 3.05) is 13.2 Å². The zero-order valence-corrected chi connectivity index (χ0v) is 18.3. The molecule has 0 spiro atoms. The molecule has 0 aliphatic carbocycles. The van der Waals surface area contributed by atoms with Crippen molar-refractivity contribution in [2.45, 2.75) is 76.0 Å². The number of hydrogen-bond acceptors (Lipinski definition) is 4. The van der Waals surface area contributed by atoms with E-state index in [4.69, 9.17) is 32.7 Å². The Morgan fingerprint density at radius 1 is 0.786 bits per heavy atom. The van der Waals surface area contributed by atoms with Gasteiger partial charge in [0.05, 0.1) is 17.7 Å². The average molecular weight is 431 g/mol. The van der Waals surface area contributed by atoms with Crippen LogP contribution in [-0.2, 0) is 9.47 Å². The molecule has 1 aromatic rings. The number of unbranched alkanes of at least 4 members (excludes halogenated alkanes) is 9. The van der Waals surface area contributed by atoms with Gasteiger partial charge in [0.25, 0.3) is 0 Å². The highest BCUT2D eigenvalue weighted by molar-refractivity contribution is 6.44. The van der Waals surface area contributed by atoms with E-state index in [1.54, 1.807) is 18.2 Å². The van der Waals surface area contributed by atoms with Gasteiger partial charge in [-0.15, -0.1) is 23.2 Å². The van der Waals surface area contributed by atoms with Crippen LogP contribution < -0.4 is 0 Å². The molecule has 0 saturated heterocycles. The molecule has 0 aliphatic rings. The third kappa shape index (κ3) is 10.9. The van der Waals surface area contributed by atoms with Crippen LogP contribution in [0.2, 0.25) is 0 Å². The molecular weight excluding hydrogens is 399 g/mol. The maximum absolute atomic E-state index is 12.3. The summed E-state index contributed by atoms with van der Waals surface area (Å²) in [5.74, 6) is -1.16. The number of benzene rings is 1. The van der Waals surface area contributed by atoms with Gasteiger partial charge in [0, 0.05) is 0 Å². The second-order valence-corrected chi connectivity index (χ2v) is 8.13. The van der Waals surface area contributed by atoms with E-state index < -0.39 is 16.8 Å². The molecule has 0 radical (unpaired) electrons. The molecule has 0 N–H and O–H groups in total. The molecule has 0 bridgehead atoms. The van der Waals surface area contributed by atoms with Crippen LogP contribution in [-0.4, -0.2) is 30.0 Å². The molecule has 28 heavy (non-hydrogen) atoms. The second kappa shape index (κ2) is 15.6. The Morgan fingerprint density at radius 2 is 1.25 bits per heavy atom. The fourth-order valence-corrected chi connectivity index (χ4v) is 3.01. The van der Waals surface area contributed by atoms with Crippen molar-refractivity contribution in [1.82, 2.24) is 0 Å². The molecule has 6 heteroatoms. The van der Waals surface area contributed by atoms with E-state index in [2.05, 4.69) is 6.92 Å². The molecule has 158 valence electrons. The number of esters is 2. The quantitative estimate of drug-likeness (QED) is 0.176. The Labute approximate surface area is 178 Å². The molecule has 0 aromatic heterocycles. The van der Waals surface area contributed by atoms with Crippen LogP contribution in [0, 0.1) is 0 Å². The van der Waals surface area contributed by atoms with Crippen LogP contribution in [0.3, 0.4) is 0 Å². The number of hydrogen-bond donors (Lipinski definition) is 0. The number of ether oxygens (including phenoxy) is 2. The van der Waals surface area contributed by atoms with Crippen LogP contribution in [0.25, 0.3) is 0 Å². The summed E-state index contributed by atoms with van der Waals surface area (Å²) in [7, 11) is 0. The SMILES string of the molecule is CCCCCCCCCCCCOC(=O)c1ccccc1C(=O)OCC(Cl)Cl. The minimum atomic E-state index is -0.806. The van der Waals surface area contributed by atoms with Crippen molar-refractivity contribution >= 4 is 35.1 Å². The lowest BCUT2D eigenvalue weighted by molar-refractivity contribution is 0.0460. The van der Waals surface area contributed by atoms with Crippen LogP contribution in [0.15, 0.2) is 24.3 Å². The summed E-state index contributed by atoms with van der Waals surface area (Å²) in [6.07, 6.45) is 12.2. The highest BCUT2D eigenvalue weighted by Crippen LogP contribution is 2.14. The van der Waals surface area contributed by atoms with Gasteiger partial charge in [-0.05, 0) is 18.6 Å².